The number of aliphatic hydroxyl groups excluding tert-OH is 1. The Morgan fingerprint density at radius 3 is 2.83 bits per heavy atom. The lowest BCUT2D eigenvalue weighted by atomic mass is 10.1. The zero-order valence-corrected chi connectivity index (χ0v) is 11.7. The van der Waals surface area contributed by atoms with Gasteiger partial charge in [0.15, 0.2) is 0 Å². The van der Waals surface area contributed by atoms with E-state index in [1.807, 2.05) is 12.1 Å². The molecule has 2 N–H and O–H groups in total. The van der Waals surface area contributed by atoms with Crippen molar-refractivity contribution in [2.75, 3.05) is 5.32 Å². The standard InChI is InChI=1S/C14H15BrN2O/c1-10-6-13(15)3-2-11(10)7-17-14-8-16-5-4-12(14)9-18/h2-6,8,17-18H,7,9H2,1H3. The predicted octanol–water partition coefficient (Wildman–Crippen LogP) is 3.26. The molecular formula is C14H15BrN2O. The van der Waals surface area contributed by atoms with Crippen LogP contribution in [0.25, 0.3) is 0 Å². The molecule has 1 aromatic heterocycles. The molecule has 0 saturated heterocycles. The number of rotatable bonds is 4. The third-order valence-electron chi connectivity index (χ3n) is 2.86. The molecule has 0 saturated carbocycles. The summed E-state index contributed by atoms with van der Waals surface area (Å²) in [6.45, 7) is 2.82. The maximum atomic E-state index is 9.23. The minimum Gasteiger partial charge on any atom is -0.392 e. The lowest BCUT2D eigenvalue weighted by molar-refractivity contribution is 0.282. The Labute approximate surface area is 115 Å². The number of halogens is 1. The first-order valence-electron chi connectivity index (χ1n) is 5.73. The van der Waals surface area contributed by atoms with Crippen molar-refractivity contribution in [1.82, 2.24) is 4.98 Å². The van der Waals surface area contributed by atoms with E-state index in [4.69, 9.17) is 0 Å². The molecule has 2 aromatic rings. The van der Waals surface area contributed by atoms with E-state index in [1.165, 1.54) is 11.1 Å². The third-order valence-corrected chi connectivity index (χ3v) is 3.35. The molecular weight excluding hydrogens is 292 g/mol. The highest BCUT2D eigenvalue weighted by molar-refractivity contribution is 9.10. The predicted molar refractivity (Wildman–Crippen MR) is 76.4 cm³/mol. The summed E-state index contributed by atoms with van der Waals surface area (Å²) >= 11 is 3.45. The number of anilines is 1. The van der Waals surface area contributed by atoms with Gasteiger partial charge >= 0.3 is 0 Å². The van der Waals surface area contributed by atoms with Crippen LogP contribution in [-0.4, -0.2) is 10.1 Å². The summed E-state index contributed by atoms with van der Waals surface area (Å²) in [5, 5.41) is 12.5. The van der Waals surface area contributed by atoms with Gasteiger partial charge in [-0.3, -0.25) is 4.98 Å². The van der Waals surface area contributed by atoms with E-state index in [0.717, 1.165) is 22.3 Å². The number of hydrogen-bond acceptors (Lipinski definition) is 3. The first-order valence-corrected chi connectivity index (χ1v) is 6.52. The molecule has 0 aliphatic heterocycles. The zero-order valence-electron chi connectivity index (χ0n) is 10.2. The van der Waals surface area contributed by atoms with Crippen molar-refractivity contribution in [1.29, 1.82) is 0 Å². The molecule has 0 spiro atoms. The van der Waals surface area contributed by atoms with E-state index in [2.05, 4.69) is 45.3 Å². The van der Waals surface area contributed by atoms with E-state index >= 15 is 0 Å². The van der Waals surface area contributed by atoms with Crippen LogP contribution in [-0.2, 0) is 13.2 Å². The molecule has 3 nitrogen and oxygen atoms in total. The highest BCUT2D eigenvalue weighted by atomic mass is 79.9. The van der Waals surface area contributed by atoms with Gasteiger partial charge in [-0.1, -0.05) is 22.0 Å². The lowest BCUT2D eigenvalue weighted by Crippen LogP contribution is -2.04. The van der Waals surface area contributed by atoms with Crippen molar-refractivity contribution >= 4 is 21.6 Å². The monoisotopic (exact) mass is 306 g/mol. The average Bonchev–Trinajstić information content (AvgIpc) is 2.38. The summed E-state index contributed by atoms with van der Waals surface area (Å²) in [6.07, 6.45) is 3.42. The quantitative estimate of drug-likeness (QED) is 0.911. The van der Waals surface area contributed by atoms with E-state index in [1.54, 1.807) is 12.4 Å². The summed E-state index contributed by atoms with van der Waals surface area (Å²) in [7, 11) is 0. The van der Waals surface area contributed by atoms with Crippen LogP contribution in [0.1, 0.15) is 16.7 Å². The largest absolute Gasteiger partial charge is 0.392 e. The summed E-state index contributed by atoms with van der Waals surface area (Å²) < 4.78 is 1.08. The Bertz CT molecular complexity index is 543. The molecule has 0 atom stereocenters. The fraction of sp³-hybridized carbons (Fsp3) is 0.214. The van der Waals surface area contributed by atoms with Gasteiger partial charge in [0, 0.05) is 22.8 Å². The van der Waals surface area contributed by atoms with Crippen molar-refractivity contribution in [3.05, 3.63) is 57.8 Å². The molecule has 0 radical (unpaired) electrons. The molecule has 4 heteroatoms. The summed E-state index contributed by atoms with van der Waals surface area (Å²) in [4.78, 5) is 4.06. The fourth-order valence-electron chi connectivity index (χ4n) is 1.77. The van der Waals surface area contributed by atoms with Crippen molar-refractivity contribution in [2.24, 2.45) is 0 Å². The van der Waals surface area contributed by atoms with Crippen molar-refractivity contribution in [3.63, 3.8) is 0 Å². The zero-order chi connectivity index (χ0) is 13.0. The van der Waals surface area contributed by atoms with Crippen LogP contribution in [0.15, 0.2) is 41.1 Å². The van der Waals surface area contributed by atoms with Crippen LogP contribution >= 0.6 is 15.9 Å². The molecule has 0 bridgehead atoms. The van der Waals surface area contributed by atoms with Gasteiger partial charge in [-0.05, 0) is 36.2 Å². The van der Waals surface area contributed by atoms with Gasteiger partial charge in [-0.15, -0.1) is 0 Å². The van der Waals surface area contributed by atoms with Crippen LogP contribution < -0.4 is 5.32 Å². The molecule has 94 valence electrons. The molecule has 0 unspecified atom stereocenters. The smallest absolute Gasteiger partial charge is 0.0703 e. The molecule has 0 aliphatic carbocycles. The summed E-state index contributed by atoms with van der Waals surface area (Å²) in [5.41, 5.74) is 4.19. The second kappa shape index (κ2) is 5.98. The Morgan fingerprint density at radius 2 is 2.11 bits per heavy atom. The fourth-order valence-corrected chi connectivity index (χ4v) is 2.24. The van der Waals surface area contributed by atoms with Gasteiger partial charge in [-0.2, -0.15) is 0 Å². The van der Waals surface area contributed by atoms with Crippen LogP contribution in [0.5, 0.6) is 0 Å². The molecule has 0 amide bonds. The van der Waals surface area contributed by atoms with Crippen molar-refractivity contribution in [3.8, 4) is 0 Å². The van der Waals surface area contributed by atoms with Gasteiger partial charge in [0.2, 0.25) is 0 Å². The summed E-state index contributed by atoms with van der Waals surface area (Å²) in [6, 6.07) is 8.02. The van der Waals surface area contributed by atoms with Gasteiger partial charge in [0.05, 0.1) is 18.5 Å². The maximum absolute atomic E-state index is 9.23. The number of benzene rings is 1. The molecule has 0 aliphatic rings. The Kier molecular flexibility index (Phi) is 4.33. The van der Waals surface area contributed by atoms with E-state index in [9.17, 15) is 5.11 Å². The van der Waals surface area contributed by atoms with Crippen molar-refractivity contribution < 1.29 is 5.11 Å². The third kappa shape index (κ3) is 3.09. The highest BCUT2D eigenvalue weighted by Crippen LogP contribution is 2.18. The number of pyridine rings is 1. The first kappa shape index (κ1) is 13.1. The van der Waals surface area contributed by atoms with E-state index in [-0.39, 0.29) is 6.61 Å². The molecule has 1 heterocycles. The second-order valence-corrected chi connectivity index (χ2v) is 5.03. The lowest BCUT2D eigenvalue weighted by Gasteiger charge is -2.11. The average molecular weight is 307 g/mol. The van der Waals surface area contributed by atoms with E-state index in [0.29, 0.717) is 0 Å². The summed E-state index contributed by atoms with van der Waals surface area (Å²) in [5.74, 6) is 0. The number of hydrogen-bond donors (Lipinski definition) is 2. The van der Waals surface area contributed by atoms with Crippen LogP contribution in [0.3, 0.4) is 0 Å². The first-order chi connectivity index (χ1) is 8.70. The number of aromatic nitrogens is 1. The van der Waals surface area contributed by atoms with Gasteiger partial charge < -0.3 is 10.4 Å². The molecule has 0 fully saturated rings. The number of aliphatic hydroxyl groups is 1. The highest BCUT2D eigenvalue weighted by Gasteiger charge is 2.03. The molecule has 18 heavy (non-hydrogen) atoms. The normalized spacial score (nSPS) is 10.4. The topological polar surface area (TPSA) is 45.2 Å². The minimum absolute atomic E-state index is 0.0180. The number of nitrogens with one attached hydrogen (secondary N) is 1. The van der Waals surface area contributed by atoms with Crippen LogP contribution in [0.2, 0.25) is 0 Å². The number of nitrogens with zero attached hydrogens (tertiary/aromatic N) is 1. The molecule has 2 rings (SSSR count). The maximum Gasteiger partial charge on any atom is 0.0703 e. The van der Waals surface area contributed by atoms with Gasteiger partial charge in [0.25, 0.3) is 0 Å². The Morgan fingerprint density at radius 1 is 1.28 bits per heavy atom. The van der Waals surface area contributed by atoms with Crippen LogP contribution in [0.4, 0.5) is 5.69 Å². The SMILES string of the molecule is Cc1cc(Br)ccc1CNc1cnccc1CO. The van der Waals surface area contributed by atoms with Crippen LogP contribution in [0, 0.1) is 6.92 Å². The van der Waals surface area contributed by atoms with E-state index < -0.39 is 0 Å². The van der Waals surface area contributed by atoms with Crippen molar-refractivity contribution in [2.45, 2.75) is 20.1 Å². The Hall–Kier alpha value is -1.39. The Balaban J connectivity index is 2.11. The van der Waals surface area contributed by atoms with Gasteiger partial charge in [0.1, 0.15) is 0 Å². The van der Waals surface area contributed by atoms with Gasteiger partial charge in [-0.25, -0.2) is 0 Å². The number of aryl methyl sites for hydroxylation is 1. The molecule has 1 aromatic carbocycles. The minimum atomic E-state index is 0.0180. The second-order valence-electron chi connectivity index (χ2n) is 4.12.